The monoisotopic (exact) mass is 497 g/mol. The highest BCUT2D eigenvalue weighted by Gasteiger charge is 2.39. The number of rotatable bonds is 5. The second kappa shape index (κ2) is 9.90. The molecule has 35 heavy (non-hydrogen) atoms. The maximum absolute atomic E-state index is 13.8. The molecule has 1 saturated heterocycles. The van der Waals surface area contributed by atoms with Crippen LogP contribution in [0, 0.1) is 11.3 Å². The Morgan fingerprint density at radius 1 is 1.03 bits per heavy atom. The maximum Gasteiger partial charge on any atom is 0.269 e. The predicted molar refractivity (Wildman–Crippen MR) is 145 cm³/mol. The summed E-state index contributed by atoms with van der Waals surface area (Å²) in [6.07, 6.45) is 0. The van der Waals surface area contributed by atoms with Crippen molar-refractivity contribution < 1.29 is 4.79 Å². The zero-order valence-corrected chi connectivity index (χ0v) is 21.0. The topological polar surface area (TPSA) is 71.7 Å². The lowest BCUT2D eigenvalue weighted by Crippen LogP contribution is -2.29. The van der Waals surface area contributed by atoms with Gasteiger partial charge in [0.25, 0.3) is 5.91 Å². The van der Waals surface area contributed by atoms with Crippen LogP contribution in [0.5, 0.6) is 0 Å². The van der Waals surface area contributed by atoms with Crippen molar-refractivity contribution in [3.05, 3.63) is 93.9 Å². The van der Waals surface area contributed by atoms with Gasteiger partial charge in [0.1, 0.15) is 4.91 Å². The molecule has 0 saturated carbocycles. The van der Waals surface area contributed by atoms with E-state index in [9.17, 15) is 10.1 Å². The fourth-order valence-corrected chi connectivity index (χ4v) is 6.30. The number of hydrogen-bond acceptors (Lipinski definition) is 7. The Balaban J connectivity index is 1.59. The van der Waals surface area contributed by atoms with Gasteiger partial charge >= 0.3 is 0 Å². The van der Waals surface area contributed by atoms with E-state index in [-0.39, 0.29) is 5.91 Å². The molecule has 6 nitrogen and oxygen atoms in total. The molecule has 2 heterocycles. The molecule has 2 aliphatic heterocycles. The Bertz CT molecular complexity index is 1390. The van der Waals surface area contributed by atoms with Gasteiger partial charge in [0.15, 0.2) is 5.17 Å². The summed E-state index contributed by atoms with van der Waals surface area (Å²) in [7, 11) is 1.99. The molecule has 174 valence electrons. The first kappa shape index (κ1) is 23.1. The molecule has 0 atom stereocenters. The van der Waals surface area contributed by atoms with E-state index in [1.807, 2.05) is 62.5 Å². The van der Waals surface area contributed by atoms with Gasteiger partial charge in [-0.15, -0.1) is 0 Å². The minimum absolute atomic E-state index is 0.0683. The van der Waals surface area contributed by atoms with Gasteiger partial charge in [0.2, 0.25) is 0 Å². The van der Waals surface area contributed by atoms with Gasteiger partial charge in [0.05, 0.1) is 40.3 Å². The summed E-state index contributed by atoms with van der Waals surface area (Å²) >= 11 is 2.99. The average Bonchev–Trinajstić information content (AvgIpc) is 3.37. The largest absolute Gasteiger partial charge is 0.384 e. The summed E-state index contributed by atoms with van der Waals surface area (Å²) < 4.78 is 0. The molecule has 0 unspecified atom stereocenters. The zero-order valence-electron chi connectivity index (χ0n) is 19.4. The van der Waals surface area contributed by atoms with Crippen LogP contribution >= 0.6 is 23.5 Å². The number of anilines is 2. The number of carbonyl (C=O) groups excluding carboxylic acids is 1. The summed E-state index contributed by atoms with van der Waals surface area (Å²) in [6, 6.07) is 25.6. The van der Waals surface area contributed by atoms with Crippen LogP contribution in [-0.4, -0.2) is 29.6 Å². The van der Waals surface area contributed by atoms with E-state index in [0.717, 1.165) is 33.4 Å². The smallest absolute Gasteiger partial charge is 0.269 e. The van der Waals surface area contributed by atoms with E-state index >= 15 is 0 Å². The quantitative estimate of drug-likeness (QED) is 0.426. The molecule has 1 fully saturated rings. The Hall–Kier alpha value is -3.67. The number of amidine groups is 1. The summed E-state index contributed by atoms with van der Waals surface area (Å²) in [5.41, 5.74) is 4.10. The normalized spacial score (nSPS) is 18.2. The van der Waals surface area contributed by atoms with Crippen LogP contribution in [0.2, 0.25) is 0 Å². The van der Waals surface area contributed by atoms with Crippen LogP contribution in [0.4, 0.5) is 17.1 Å². The van der Waals surface area contributed by atoms with E-state index in [2.05, 4.69) is 28.4 Å². The molecular formula is C27H23N5OS2. The number of para-hydroxylation sites is 1. The van der Waals surface area contributed by atoms with Crippen molar-refractivity contribution in [2.45, 2.75) is 18.4 Å². The van der Waals surface area contributed by atoms with Crippen molar-refractivity contribution in [3.8, 4) is 6.07 Å². The number of fused-ring (bicyclic) bond motifs is 1. The zero-order chi connectivity index (χ0) is 24.4. The Morgan fingerprint density at radius 3 is 2.54 bits per heavy atom. The second-order valence-corrected chi connectivity index (χ2v) is 10.0. The summed E-state index contributed by atoms with van der Waals surface area (Å²) in [4.78, 5) is 24.3. The molecule has 0 bridgehead atoms. The number of nitriles is 1. The number of aliphatic imine (C=N–C) groups is 1. The lowest BCUT2D eigenvalue weighted by Gasteiger charge is -2.17. The fraction of sp³-hybridized carbons (Fsp3) is 0.148. The van der Waals surface area contributed by atoms with Crippen LogP contribution in [-0.2, 0) is 11.3 Å². The van der Waals surface area contributed by atoms with Crippen molar-refractivity contribution in [2.75, 3.05) is 23.8 Å². The van der Waals surface area contributed by atoms with Gasteiger partial charge < -0.3 is 10.2 Å². The van der Waals surface area contributed by atoms with Gasteiger partial charge in [-0.2, -0.15) is 5.26 Å². The predicted octanol–water partition coefficient (Wildman–Crippen LogP) is 6.16. The highest BCUT2D eigenvalue weighted by Crippen LogP contribution is 2.50. The first-order valence-corrected chi connectivity index (χ1v) is 12.9. The highest BCUT2D eigenvalue weighted by atomic mass is 32.2. The van der Waals surface area contributed by atoms with Crippen LogP contribution in [0.25, 0.3) is 0 Å². The van der Waals surface area contributed by atoms with E-state index < -0.39 is 0 Å². The molecule has 5 rings (SSSR count). The van der Waals surface area contributed by atoms with Gasteiger partial charge in [0, 0.05) is 18.5 Å². The summed E-state index contributed by atoms with van der Waals surface area (Å²) in [6.45, 7) is 3.15. The van der Waals surface area contributed by atoms with Gasteiger partial charge in [-0.3, -0.25) is 9.69 Å². The standard InChI is InChI=1S/C27H23N5OS2/c1-3-29-20-14-13-19(16-28)15-21(20)30-27-32(17-18-9-5-4-6-10-18)25(33)24(35-27)26-31(2)22-11-7-8-12-23(22)34-26/h4-15,29H,3,17H2,1-2H3/b26-24-,30-27?. The van der Waals surface area contributed by atoms with E-state index in [0.29, 0.717) is 27.9 Å². The van der Waals surface area contributed by atoms with Gasteiger partial charge in [-0.1, -0.05) is 54.2 Å². The SMILES string of the molecule is CCNc1ccc(C#N)cc1N=C1S/C(=C2\Sc3ccccc3N2C)C(=O)N1Cc1ccccc1. The van der Waals surface area contributed by atoms with Crippen molar-refractivity contribution >= 4 is 51.7 Å². The molecule has 1 N–H and O–H groups in total. The summed E-state index contributed by atoms with van der Waals surface area (Å²) in [5, 5.41) is 14.2. The van der Waals surface area contributed by atoms with Crippen LogP contribution < -0.4 is 10.2 Å². The molecule has 3 aromatic carbocycles. The average molecular weight is 498 g/mol. The van der Waals surface area contributed by atoms with Crippen molar-refractivity contribution in [3.63, 3.8) is 0 Å². The van der Waals surface area contributed by atoms with Gasteiger partial charge in [-0.05, 0) is 54.6 Å². The number of hydrogen-bond donors (Lipinski definition) is 1. The van der Waals surface area contributed by atoms with Crippen LogP contribution in [0.1, 0.15) is 18.1 Å². The lowest BCUT2D eigenvalue weighted by molar-refractivity contribution is -0.122. The summed E-state index contributed by atoms with van der Waals surface area (Å²) in [5.74, 6) is -0.0683. The van der Waals surface area contributed by atoms with Gasteiger partial charge in [-0.25, -0.2) is 4.99 Å². The number of amides is 1. The number of nitrogens with one attached hydrogen (secondary N) is 1. The number of thioether (sulfide) groups is 2. The van der Waals surface area contributed by atoms with E-state index in [1.165, 1.54) is 11.8 Å². The Kier molecular flexibility index (Phi) is 6.53. The first-order valence-electron chi connectivity index (χ1n) is 11.2. The third-order valence-corrected chi connectivity index (χ3v) is 8.12. The second-order valence-electron chi connectivity index (χ2n) is 8.01. The molecule has 0 aromatic heterocycles. The van der Waals surface area contributed by atoms with E-state index in [1.54, 1.807) is 28.8 Å². The Labute approximate surface area is 213 Å². The number of benzene rings is 3. The molecule has 1 amide bonds. The Morgan fingerprint density at radius 2 is 1.80 bits per heavy atom. The third kappa shape index (κ3) is 4.53. The minimum atomic E-state index is -0.0683. The highest BCUT2D eigenvalue weighted by molar-refractivity contribution is 8.19. The fourth-order valence-electron chi connectivity index (χ4n) is 3.96. The maximum atomic E-state index is 13.8. The molecule has 0 aliphatic carbocycles. The molecule has 0 radical (unpaired) electrons. The van der Waals surface area contributed by atoms with Crippen molar-refractivity contribution in [1.29, 1.82) is 5.26 Å². The first-order chi connectivity index (χ1) is 17.1. The number of nitrogens with zero attached hydrogens (tertiary/aromatic N) is 4. The molecule has 0 spiro atoms. The van der Waals surface area contributed by atoms with Crippen LogP contribution in [0.3, 0.4) is 0 Å². The lowest BCUT2D eigenvalue weighted by atomic mass is 10.2. The van der Waals surface area contributed by atoms with E-state index in [4.69, 9.17) is 4.99 Å². The molecule has 3 aromatic rings. The van der Waals surface area contributed by atoms with Crippen molar-refractivity contribution in [1.82, 2.24) is 4.90 Å². The minimum Gasteiger partial charge on any atom is -0.384 e. The molecule has 8 heteroatoms. The number of carbonyl (C=O) groups is 1. The van der Waals surface area contributed by atoms with Crippen molar-refractivity contribution in [2.24, 2.45) is 4.99 Å². The molecular weight excluding hydrogens is 474 g/mol. The molecule has 2 aliphatic rings. The van der Waals surface area contributed by atoms with Crippen LogP contribution in [0.15, 0.2) is 92.6 Å². The third-order valence-electron chi connectivity index (χ3n) is 5.69.